The van der Waals surface area contributed by atoms with Crippen molar-refractivity contribution < 1.29 is 14.3 Å². The number of rotatable bonds is 5. The monoisotopic (exact) mass is 352 g/mol. The highest BCUT2D eigenvalue weighted by atomic mass is 16.5. The zero-order valence-electron chi connectivity index (χ0n) is 14.6. The molecule has 0 spiro atoms. The van der Waals surface area contributed by atoms with Crippen molar-refractivity contribution >= 4 is 11.9 Å². The van der Waals surface area contributed by atoms with Gasteiger partial charge in [-0.05, 0) is 24.6 Å². The molecule has 134 valence electrons. The molecule has 1 aliphatic rings. The van der Waals surface area contributed by atoms with Crippen LogP contribution in [-0.4, -0.2) is 24.0 Å². The SMILES string of the molecule is COc1ccccc1C1NC(=O)NC(C)=C1C(=O)NCc1cccnc1. The Morgan fingerprint density at radius 3 is 2.81 bits per heavy atom. The summed E-state index contributed by atoms with van der Waals surface area (Å²) >= 11 is 0. The molecule has 3 amide bonds. The number of amides is 3. The van der Waals surface area contributed by atoms with Crippen LogP contribution in [-0.2, 0) is 11.3 Å². The van der Waals surface area contributed by atoms with Crippen LogP contribution in [0.2, 0.25) is 0 Å². The van der Waals surface area contributed by atoms with Gasteiger partial charge >= 0.3 is 6.03 Å². The molecular formula is C19H20N4O3. The molecule has 1 unspecified atom stereocenters. The van der Waals surface area contributed by atoms with Crippen LogP contribution < -0.4 is 20.7 Å². The number of benzene rings is 1. The summed E-state index contributed by atoms with van der Waals surface area (Å²) in [4.78, 5) is 28.9. The van der Waals surface area contributed by atoms with Gasteiger partial charge in [0.15, 0.2) is 0 Å². The molecule has 3 rings (SSSR count). The third-order valence-corrected chi connectivity index (χ3v) is 4.14. The van der Waals surface area contributed by atoms with Crippen molar-refractivity contribution in [1.82, 2.24) is 20.9 Å². The largest absolute Gasteiger partial charge is 0.496 e. The number of nitrogens with one attached hydrogen (secondary N) is 3. The first-order valence-electron chi connectivity index (χ1n) is 8.18. The van der Waals surface area contributed by atoms with Gasteiger partial charge in [0.2, 0.25) is 0 Å². The number of methoxy groups -OCH3 is 1. The van der Waals surface area contributed by atoms with E-state index in [4.69, 9.17) is 4.74 Å². The molecule has 3 N–H and O–H groups in total. The zero-order chi connectivity index (χ0) is 18.5. The summed E-state index contributed by atoms with van der Waals surface area (Å²) in [5, 5.41) is 8.35. The van der Waals surface area contributed by atoms with E-state index in [-0.39, 0.29) is 11.9 Å². The van der Waals surface area contributed by atoms with E-state index in [1.165, 1.54) is 0 Å². The smallest absolute Gasteiger partial charge is 0.319 e. The van der Waals surface area contributed by atoms with Crippen molar-refractivity contribution in [3.63, 3.8) is 0 Å². The fraction of sp³-hybridized carbons (Fsp3) is 0.211. The molecule has 0 fully saturated rings. The minimum absolute atomic E-state index is 0.269. The van der Waals surface area contributed by atoms with Gasteiger partial charge in [-0.2, -0.15) is 0 Å². The van der Waals surface area contributed by atoms with E-state index in [0.717, 1.165) is 11.1 Å². The molecule has 7 heteroatoms. The first-order valence-corrected chi connectivity index (χ1v) is 8.18. The van der Waals surface area contributed by atoms with Crippen LogP contribution in [0.1, 0.15) is 24.1 Å². The minimum atomic E-state index is -0.603. The second-order valence-electron chi connectivity index (χ2n) is 5.86. The zero-order valence-corrected chi connectivity index (χ0v) is 14.6. The van der Waals surface area contributed by atoms with E-state index < -0.39 is 6.04 Å². The van der Waals surface area contributed by atoms with E-state index in [0.29, 0.717) is 23.6 Å². The fourth-order valence-corrected chi connectivity index (χ4v) is 2.91. The minimum Gasteiger partial charge on any atom is -0.496 e. The van der Waals surface area contributed by atoms with Gasteiger partial charge in [-0.15, -0.1) is 0 Å². The Hall–Kier alpha value is -3.35. The molecule has 0 saturated heterocycles. The first-order chi connectivity index (χ1) is 12.6. The number of para-hydroxylation sites is 1. The second-order valence-corrected chi connectivity index (χ2v) is 5.86. The van der Waals surface area contributed by atoms with Crippen molar-refractivity contribution in [1.29, 1.82) is 0 Å². The van der Waals surface area contributed by atoms with Gasteiger partial charge in [0.25, 0.3) is 5.91 Å². The number of pyridine rings is 1. The van der Waals surface area contributed by atoms with Crippen LogP contribution in [0, 0.1) is 0 Å². The number of ether oxygens (including phenoxy) is 1. The van der Waals surface area contributed by atoms with Crippen LogP contribution in [0.4, 0.5) is 4.79 Å². The quantitative estimate of drug-likeness (QED) is 0.768. The van der Waals surface area contributed by atoms with E-state index in [9.17, 15) is 9.59 Å². The highest BCUT2D eigenvalue weighted by Crippen LogP contribution is 2.32. The second kappa shape index (κ2) is 7.69. The van der Waals surface area contributed by atoms with Gasteiger partial charge in [-0.25, -0.2) is 4.79 Å². The van der Waals surface area contributed by atoms with E-state index in [1.54, 1.807) is 32.5 Å². The molecule has 1 aromatic heterocycles. The molecule has 0 radical (unpaired) electrons. The fourth-order valence-electron chi connectivity index (χ4n) is 2.91. The summed E-state index contributed by atoms with van der Waals surface area (Å²) in [7, 11) is 1.56. The standard InChI is InChI=1S/C19H20N4O3/c1-12-16(18(24)21-11-13-6-5-9-20-10-13)17(23-19(25)22-12)14-7-3-4-8-15(14)26-2/h3-10,17H,11H2,1-2H3,(H,21,24)(H2,22,23,25). The number of carbonyl (C=O) groups excluding carboxylic acids is 2. The Labute approximate surface area is 151 Å². The topological polar surface area (TPSA) is 92.4 Å². The molecule has 0 aliphatic carbocycles. The molecule has 1 aromatic carbocycles. The van der Waals surface area contributed by atoms with Crippen LogP contribution in [0.15, 0.2) is 60.1 Å². The number of carbonyl (C=O) groups is 2. The Morgan fingerprint density at radius 1 is 1.27 bits per heavy atom. The van der Waals surface area contributed by atoms with Gasteiger partial charge in [0.05, 0.1) is 18.7 Å². The third-order valence-electron chi connectivity index (χ3n) is 4.14. The maximum absolute atomic E-state index is 12.9. The lowest BCUT2D eigenvalue weighted by molar-refractivity contribution is -0.118. The number of hydrogen-bond acceptors (Lipinski definition) is 4. The normalized spacial score (nSPS) is 16.5. The third kappa shape index (κ3) is 3.66. The van der Waals surface area contributed by atoms with E-state index in [2.05, 4.69) is 20.9 Å². The summed E-state index contributed by atoms with van der Waals surface area (Å²) < 4.78 is 5.39. The van der Waals surface area contributed by atoms with Crippen LogP contribution in [0.5, 0.6) is 5.75 Å². The Balaban J connectivity index is 1.89. The number of allylic oxidation sites excluding steroid dienone is 1. The molecule has 2 heterocycles. The average Bonchev–Trinajstić information content (AvgIpc) is 2.66. The van der Waals surface area contributed by atoms with Crippen molar-refractivity contribution in [3.8, 4) is 5.75 Å². The van der Waals surface area contributed by atoms with Gasteiger partial charge in [-0.3, -0.25) is 9.78 Å². The molecular weight excluding hydrogens is 332 g/mol. The van der Waals surface area contributed by atoms with Gasteiger partial charge < -0.3 is 20.7 Å². The maximum atomic E-state index is 12.9. The first kappa shape index (κ1) is 17.5. The lowest BCUT2D eigenvalue weighted by atomic mass is 9.94. The van der Waals surface area contributed by atoms with Gasteiger partial charge in [0, 0.05) is 30.2 Å². The number of nitrogens with zero attached hydrogens (tertiary/aromatic N) is 1. The molecule has 2 aromatic rings. The lowest BCUT2D eigenvalue weighted by Gasteiger charge is -2.29. The summed E-state index contributed by atoms with van der Waals surface area (Å²) in [6.07, 6.45) is 3.37. The molecule has 0 bridgehead atoms. The number of hydrogen-bond donors (Lipinski definition) is 3. The highest BCUT2D eigenvalue weighted by Gasteiger charge is 2.32. The molecule has 7 nitrogen and oxygen atoms in total. The maximum Gasteiger partial charge on any atom is 0.319 e. The van der Waals surface area contributed by atoms with Crippen molar-refractivity contribution in [2.75, 3.05) is 7.11 Å². The summed E-state index contributed by atoms with van der Waals surface area (Å²) in [5.41, 5.74) is 2.56. The summed E-state index contributed by atoms with van der Waals surface area (Å²) in [5.74, 6) is 0.333. The molecule has 1 atom stereocenters. The van der Waals surface area contributed by atoms with Crippen molar-refractivity contribution in [2.45, 2.75) is 19.5 Å². The van der Waals surface area contributed by atoms with Crippen LogP contribution >= 0.6 is 0 Å². The Bertz CT molecular complexity index is 849. The molecule has 26 heavy (non-hydrogen) atoms. The molecule has 1 aliphatic heterocycles. The van der Waals surface area contributed by atoms with Crippen LogP contribution in [0.3, 0.4) is 0 Å². The predicted octanol–water partition coefficient (Wildman–Crippen LogP) is 2.03. The van der Waals surface area contributed by atoms with Gasteiger partial charge in [0.1, 0.15) is 5.75 Å². The Kier molecular flexibility index (Phi) is 5.17. The number of aromatic nitrogens is 1. The van der Waals surface area contributed by atoms with E-state index in [1.807, 2.05) is 30.3 Å². The Morgan fingerprint density at radius 2 is 2.08 bits per heavy atom. The van der Waals surface area contributed by atoms with Gasteiger partial charge in [-0.1, -0.05) is 24.3 Å². The van der Waals surface area contributed by atoms with E-state index >= 15 is 0 Å². The summed E-state index contributed by atoms with van der Waals surface area (Å²) in [6.45, 7) is 2.05. The lowest BCUT2D eigenvalue weighted by Crippen LogP contribution is -2.47. The van der Waals surface area contributed by atoms with Crippen molar-refractivity contribution in [3.05, 3.63) is 71.2 Å². The average molecular weight is 352 g/mol. The van der Waals surface area contributed by atoms with Crippen LogP contribution in [0.25, 0.3) is 0 Å². The predicted molar refractivity (Wildman–Crippen MR) is 96.2 cm³/mol. The number of urea groups is 1. The summed E-state index contributed by atoms with van der Waals surface area (Å²) in [6, 6.07) is 10.0. The highest BCUT2D eigenvalue weighted by molar-refractivity contribution is 5.98. The molecule has 0 saturated carbocycles. The van der Waals surface area contributed by atoms with Crippen molar-refractivity contribution in [2.24, 2.45) is 0 Å².